The van der Waals surface area contributed by atoms with Crippen LogP contribution in [0.3, 0.4) is 0 Å². The second-order valence-corrected chi connectivity index (χ2v) is 8.17. The number of hydrogen-bond acceptors (Lipinski definition) is 3. The first-order valence-corrected chi connectivity index (χ1v) is 9.68. The number of aryl methyl sites for hydroxylation is 1. The molecule has 128 valence electrons. The van der Waals surface area contributed by atoms with Crippen LogP contribution in [0, 0.1) is 5.92 Å². The van der Waals surface area contributed by atoms with Gasteiger partial charge in [0, 0.05) is 32.1 Å². The predicted octanol–water partition coefficient (Wildman–Crippen LogP) is 2.13. The molecule has 0 atom stereocenters. The number of benzene rings is 1. The first-order chi connectivity index (χ1) is 10.9. The summed E-state index contributed by atoms with van der Waals surface area (Å²) < 4.78 is 27.0. The number of nitrogens with zero attached hydrogens (tertiary/aromatic N) is 2. The van der Waals surface area contributed by atoms with Crippen LogP contribution in [0.25, 0.3) is 0 Å². The third kappa shape index (κ3) is 4.12. The van der Waals surface area contributed by atoms with Gasteiger partial charge in [-0.1, -0.05) is 32.9 Å². The zero-order valence-corrected chi connectivity index (χ0v) is 15.0. The van der Waals surface area contributed by atoms with Gasteiger partial charge >= 0.3 is 0 Å². The van der Waals surface area contributed by atoms with Crippen molar-refractivity contribution < 1.29 is 13.2 Å². The van der Waals surface area contributed by atoms with E-state index in [9.17, 15) is 13.2 Å². The monoisotopic (exact) mass is 338 g/mol. The second kappa shape index (κ2) is 7.45. The van der Waals surface area contributed by atoms with Gasteiger partial charge in [0.25, 0.3) is 0 Å². The molecule has 0 radical (unpaired) electrons. The van der Waals surface area contributed by atoms with Gasteiger partial charge in [-0.2, -0.15) is 4.31 Å². The SMILES string of the molecule is CCc1ccc(S(=O)(=O)N2CCCN(C(=O)C(C)C)CC2)cc1. The standard InChI is InChI=1S/C17H26N2O3S/c1-4-15-6-8-16(9-7-15)23(21,22)19-11-5-10-18(12-13-19)17(20)14(2)3/h6-9,14H,4-5,10-13H2,1-3H3. The molecule has 23 heavy (non-hydrogen) atoms. The minimum atomic E-state index is -3.48. The molecule has 1 saturated heterocycles. The third-order valence-electron chi connectivity index (χ3n) is 4.23. The van der Waals surface area contributed by atoms with Gasteiger partial charge in [0.05, 0.1) is 4.90 Å². The molecular formula is C17H26N2O3S. The minimum Gasteiger partial charge on any atom is -0.341 e. The molecule has 1 aliphatic rings. The number of carbonyl (C=O) groups is 1. The molecule has 0 N–H and O–H groups in total. The molecule has 0 saturated carbocycles. The molecule has 1 aromatic carbocycles. The Bertz CT molecular complexity index is 638. The molecule has 1 fully saturated rings. The molecule has 0 spiro atoms. The van der Waals surface area contributed by atoms with Gasteiger partial charge in [0.15, 0.2) is 0 Å². The Labute approximate surface area is 139 Å². The molecule has 1 aromatic rings. The first kappa shape index (κ1) is 17.9. The Balaban J connectivity index is 2.12. The molecule has 1 aliphatic heterocycles. The van der Waals surface area contributed by atoms with E-state index >= 15 is 0 Å². The third-order valence-corrected chi connectivity index (χ3v) is 6.14. The lowest BCUT2D eigenvalue weighted by Crippen LogP contribution is -2.38. The lowest BCUT2D eigenvalue weighted by atomic mass is 10.2. The number of rotatable bonds is 4. The molecule has 0 aliphatic carbocycles. The average molecular weight is 338 g/mol. The molecule has 5 nitrogen and oxygen atoms in total. The highest BCUT2D eigenvalue weighted by Gasteiger charge is 2.28. The van der Waals surface area contributed by atoms with Crippen LogP contribution >= 0.6 is 0 Å². The van der Waals surface area contributed by atoms with Gasteiger partial charge in [0.1, 0.15) is 0 Å². The summed E-state index contributed by atoms with van der Waals surface area (Å²) in [5.74, 6) is 0.0382. The summed E-state index contributed by atoms with van der Waals surface area (Å²) in [6, 6.07) is 7.07. The van der Waals surface area contributed by atoms with Gasteiger partial charge in [-0.05, 0) is 30.5 Å². The Morgan fingerprint density at radius 3 is 2.30 bits per heavy atom. The Kier molecular flexibility index (Phi) is 5.81. The summed E-state index contributed by atoms with van der Waals surface area (Å²) in [6.07, 6.45) is 1.56. The number of amides is 1. The van der Waals surface area contributed by atoms with Crippen molar-refractivity contribution in [1.82, 2.24) is 9.21 Å². The van der Waals surface area contributed by atoms with E-state index in [2.05, 4.69) is 0 Å². The molecule has 2 rings (SSSR count). The summed E-state index contributed by atoms with van der Waals surface area (Å²) in [5, 5.41) is 0. The fraction of sp³-hybridized carbons (Fsp3) is 0.588. The Morgan fingerprint density at radius 2 is 1.74 bits per heavy atom. The summed E-state index contributed by atoms with van der Waals surface area (Å²) in [5.41, 5.74) is 1.12. The van der Waals surface area contributed by atoms with Crippen LogP contribution in [0.2, 0.25) is 0 Å². The van der Waals surface area contributed by atoms with Gasteiger partial charge < -0.3 is 4.90 Å². The van der Waals surface area contributed by atoms with E-state index < -0.39 is 10.0 Å². The lowest BCUT2D eigenvalue weighted by Gasteiger charge is -2.23. The van der Waals surface area contributed by atoms with E-state index in [1.165, 1.54) is 4.31 Å². The van der Waals surface area contributed by atoms with Crippen LogP contribution in [0.1, 0.15) is 32.8 Å². The first-order valence-electron chi connectivity index (χ1n) is 8.24. The van der Waals surface area contributed by atoms with Crippen molar-refractivity contribution in [1.29, 1.82) is 0 Å². The fourth-order valence-corrected chi connectivity index (χ4v) is 4.24. The van der Waals surface area contributed by atoms with E-state index in [-0.39, 0.29) is 11.8 Å². The molecule has 0 aromatic heterocycles. The largest absolute Gasteiger partial charge is 0.341 e. The highest BCUT2D eigenvalue weighted by Crippen LogP contribution is 2.19. The molecule has 6 heteroatoms. The molecular weight excluding hydrogens is 312 g/mol. The maximum atomic E-state index is 12.8. The highest BCUT2D eigenvalue weighted by molar-refractivity contribution is 7.89. The van der Waals surface area contributed by atoms with Crippen molar-refractivity contribution in [3.63, 3.8) is 0 Å². The van der Waals surface area contributed by atoms with Crippen molar-refractivity contribution in [2.75, 3.05) is 26.2 Å². The van der Waals surface area contributed by atoms with Crippen molar-refractivity contribution >= 4 is 15.9 Å². The summed E-state index contributed by atoms with van der Waals surface area (Å²) in [6.45, 7) is 7.68. The van der Waals surface area contributed by atoms with E-state index in [0.717, 1.165) is 12.0 Å². The Morgan fingerprint density at radius 1 is 1.09 bits per heavy atom. The van der Waals surface area contributed by atoms with Crippen LogP contribution in [-0.4, -0.2) is 49.7 Å². The zero-order valence-electron chi connectivity index (χ0n) is 14.2. The topological polar surface area (TPSA) is 57.7 Å². The maximum absolute atomic E-state index is 12.8. The van der Waals surface area contributed by atoms with E-state index in [1.54, 1.807) is 17.0 Å². The Hall–Kier alpha value is -1.40. The van der Waals surface area contributed by atoms with E-state index in [4.69, 9.17) is 0 Å². The van der Waals surface area contributed by atoms with E-state index in [1.807, 2.05) is 32.9 Å². The quantitative estimate of drug-likeness (QED) is 0.845. The van der Waals surface area contributed by atoms with Gasteiger partial charge in [-0.3, -0.25) is 4.79 Å². The highest BCUT2D eigenvalue weighted by atomic mass is 32.2. The van der Waals surface area contributed by atoms with Crippen LogP contribution in [0.15, 0.2) is 29.2 Å². The lowest BCUT2D eigenvalue weighted by molar-refractivity contribution is -0.134. The zero-order chi connectivity index (χ0) is 17.0. The minimum absolute atomic E-state index is 0.0558. The smallest absolute Gasteiger partial charge is 0.243 e. The molecule has 0 unspecified atom stereocenters. The number of hydrogen-bond donors (Lipinski definition) is 0. The van der Waals surface area contributed by atoms with Gasteiger partial charge in [0.2, 0.25) is 15.9 Å². The summed E-state index contributed by atoms with van der Waals surface area (Å²) in [4.78, 5) is 14.2. The van der Waals surface area contributed by atoms with Crippen molar-refractivity contribution in [2.45, 2.75) is 38.5 Å². The van der Waals surface area contributed by atoms with Crippen LogP contribution < -0.4 is 0 Å². The molecule has 1 heterocycles. The molecule has 1 amide bonds. The summed E-state index contributed by atoms with van der Waals surface area (Å²) >= 11 is 0. The second-order valence-electron chi connectivity index (χ2n) is 6.24. The molecule has 0 bridgehead atoms. The van der Waals surface area contributed by atoms with Crippen molar-refractivity contribution in [3.05, 3.63) is 29.8 Å². The van der Waals surface area contributed by atoms with Crippen LogP contribution in [-0.2, 0) is 21.2 Å². The van der Waals surface area contributed by atoms with E-state index in [0.29, 0.717) is 37.5 Å². The van der Waals surface area contributed by atoms with Gasteiger partial charge in [-0.25, -0.2) is 8.42 Å². The fourth-order valence-electron chi connectivity index (χ4n) is 2.77. The maximum Gasteiger partial charge on any atom is 0.243 e. The van der Waals surface area contributed by atoms with Crippen LogP contribution in [0.5, 0.6) is 0 Å². The average Bonchev–Trinajstić information content (AvgIpc) is 2.80. The van der Waals surface area contributed by atoms with Crippen molar-refractivity contribution in [2.24, 2.45) is 5.92 Å². The van der Waals surface area contributed by atoms with Crippen LogP contribution in [0.4, 0.5) is 0 Å². The number of sulfonamides is 1. The predicted molar refractivity (Wildman–Crippen MR) is 90.6 cm³/mol. The number of carbonyl (C=O) groups excluding carboxylic acids is 1. The summed E-state index contributed by atoms with van der Waals surface area (Å²) in [7, 11) is -3.48. The van der Waals surface area contributed by atoms with Crippen molar-refractivity contribution in [3.8, 4) is 0 Å². The normalized spacial score (nSPS) is 17.3. The van der Waals surface area contributed by atoms with Gasteiger partial charge in [-0.15, -0.1) is 0 Å².